The third-order valence-electron chi connectivity index (χ3n) is 4.71. The molecule has 5 heteroatoms. The zero-order valence-electron chi connectivity index (χ0n) is 16.6. The third kappa shape index (κ3) is 6.69. The van der Waals surface area contributed by atoms with Crippen molar-refractivity contribution in [2.45, 2.75) is 6.42 Å². The monoisotopic (exact) mass is 432 g/mol. The molecule has 2 N–H and O–H groups in total. The molecule has 3 aromatic carbocycles. The molecule has 31 heavy (non-hydrogen) atoms. The van der Waals surface area contributed by atoms with Crippen molar-refractivity contribution in [2.75, 3.05) is 0 Å². The average molecular weight is 433 g/mol. The van der Waals surface area contributed by atoms with Crippen LogP contribution in [0.2, 0.25) is 5.02 Å². The smallest absolute Gasteiger partial charge is 0.166 e. The quantitative estimate of drug-likeness (QED) is 0.365. The first-order valence-electron chi connectivity index (χ1n) is 9.67. The molecule has 0 saturated heterocycles. The Kier molecular flexibility index (Phi) is 7.41. The fourth-order valence-corrected chi connectivity index (χ4v) is 3.08. The molecule has 0 saturated carbocycles. The van der Waals surface area contributed by atoms with E-state index < -0.39 is 5.92 Å². The second kappa shape index (κ2) is 10.4. The summed E-state index contributed by atoms with van der Waals surface area (Å²) >= 11 is 5.94. The Labute approximate surface area is 185 Å². The summed E-state index contributed by atoms with van der Waals surface area (Å²) in [7, 11) is 0. The van der Waals surface area contributed by atoms with Crippen molar-refractivity contribution in [1.82, 2.24) is 0 Å². The first-order valence-corrected chi connectivity index (χ1v) is 10.0. The average Bonchev–Trinajstić information content (AvgIpc) is 2.77. The van der Waals surface area contributed by atoms with E-state index in [-0.39, 0.29) is 29.5 Å². The molecule has 3 aromatic rings. The molecule has 0 fully saturated rings. The van der Waals surface area contributed by atoms with Gasteiger partial charge in [0.2, 0.25) is 0 Å². The highest BCUT2D eigenvalue weighted by molar-refractivity contribution is 6.30. The van der Waals surface area contributed by atoms with E-state index in [4.69, 9.17) is 11.6 Å². The minimum absolute atomic E-state index is 0.138. The van der Waals surface area contributed by atoms with Crippen LogP contribution in [0.15, 0.2) is 84.9 Å². The summed E-state index contributed by atoms with van der Waals surface area (Å²) in [5.41, 5.74) is 2.30. The van der Waals surface area contributed by atoms with Crippen LogP contribution in [-0.4, -0.2) is 21.8 Å². The predicted molar refractivity (Wildman–Crippen MR) is 123 cm³/mol. The Morgan fingerprint density at radius 3 is 1.55 bits per heavy atom. The number of phenols is 2. The summed E-state index contributed by atoms with van der Waals surface area (Å²) in [6.07, 6.45) is 6.26. The molecule has 0 aliphatic carbocycles. The summed E-state index contributed by atoms with van der Waals surface area (Å²) < 4.78 is 0. The Hall–Kier alpha value is -3.63. The van der Waals surface area contributed by atoms with Crippen LogP contribution in [0.1, 0.15) is 16.7 Å². The van der Waals surface area contributed by atoms with Gasteiger partial charge in [0.25, 0.3) is 0 Å². The van der Waals surface area contributed by atoms with E-state index in [1.807, 2.05) is 0 Å². The first kappa shape index (κ1) is 22.1. The van der Waals surface area contributed by atoms with Crippen LogP contribution in [0.4, 0.5) is 0 Å². The molecule has 0 atom stereocenters. The van der Waals surface area contributed by atoms with E-state index in [0.717, 1.165) is 16.7 Å². The van der Waals surface area contributed by atoms with E-state index in [1.165, 1.54) is 36.4 Å². The lowest BCUT2D eigenvalue weighted by molar-refractivity contribution is -0.127. The first-order chi connectivity index (χ1) is 14.9. The summed E-state index contributed by atoms with van der Waals surface area (Å²) in [5, 5.41) is 19.3. The number of phenolic OH excluding ortho intramolecular Hbond substituents is 2. The number of carbonyl (C=O) groups excluding carboxylic acids is 2. The van der Waals surface area contributed by atoms with Crippen LogP contribution in [0.3, 0.4) is 0 Å². The van der Waals surface area contributed by atoms with Crippen molar-refractivity contribution >= 4 is 35.3 Å². The number of benzene rings is 3. The number of ketones is 2. The van der Waals surface area contributed by atoms with E-state index >= 15 is 0 Å². The molecule has 0 unspecified atom stereocenters. The van der Waals surface area contributed by atoms with Gasteiger partial charge in [-0.1, -0.05) is 60.2 Å². The molecule has 0 bridgehead atoms. The maximum Gasteiger partial charge on any atom is 0.166 e. The van der Waals surface area contributed by atoms with Crippen molar-refractivity contribution in [1.29, 1.82) is 0 Å². The van der Waals surface area contributed by atoms with Gasteiger partial charge in [-0.25, -0.2) is 0 Å². The Bertz CT molecular complexity index is 1030. The second-order valence-electron chi connectivity index (χ2n) is 7.04. The normalized spacial score (nSPS) is 11.4. The van der Waals surface area contributed by atoms with Gasteiger partial charge in [-0.15, -0.1) is 0 Å². The Morgan fingerprint density at radius 2 is 1.13 bits per heavy atom. The van der Waals surface area contributed by atoms with Crippen LogP contribution in [0, 0.1) is 5.92 Å². The minimum Gasteiger partial charge on any atom is -0.508 e. The highest BCUT2D eigenvalue weighted by Gasteiger charge is 2.23. The van der Waals surface area contributed by atoms with Gasteiger partial charge in [0.05, 0.1) is 5.92 Å². The summed E-state index contributed by atoms with van der Waals surface area (Å²) in [6.45, 7) is 0. The minimum atomic E-state index is -0.886. The van der Waals surface area contributed by atoms with Crippen molar-refractivity contribution in [3.63, 3.8) is 0 Å². The van der Waals surface area contributed by atoms with E-state index in [2.05, 4.69) is 0 Å². The molecule has 4 nitrogen and oxygen atoms in total. The summed E-state index contributed by atoms with van der Waals surface area (Å²) in [5.74, 6) is -1.24. The maximum absolute atomic E-state index is 12.9. The third-order valence-corrected chi connectivity index (χ3v) is 4.96. The van der Waals surface area contributed by atoms with Gasteiger partial charge in [-0.3, -0.25) is 9.59 Å². The predicted octanol–water partition coefficient (Wildman–Crippen LogP) is 5.47. The lowest BCUT2D eigenvalue weighted by Gasteiger charge is -2.11. The Morgan fingerprint density at radius 1 is 0.710 bits per heavy atom. The van der Waals surface area contributed by atoms with Crippen molar-refractivity contribution in [3.05, 3.63) is 107 Å². The van der Waals surface area contributed by atoms with Gasteiger partial charge in [-0.2, -0.15) is 0 Å². The molecular weight excluding hydrogens is 412 g/mol. The fraction of sp³-hybridized carbons (Fsp3) is 0.0769. The molecular formula is C26H21ClO4. The standard InChI is InChI=1S/C26H21ClO4/c27-21-9-1-20(2-10-21)17-24(25(30)15-7-18-3-11-22(28)12-4-18)26(31)16-8-19-5-13-23(29)14-6-19/h1-16,24,28-29H,17H2/b15-7+,16-8+. The molecule has 0 heterocycles. The molecule has 0 aliphatic heterocycles. The van der Waals surface area contributed by atoms with Crippen LogP contribution >= 0.6 is 11.6 Å². The number of carbonyl (C=O) groups is 2. The summed E-state index contributed by atoms with van der Waals surface area (Å²) in [6, 6.07) is 19.9. The van der Waals surface area contributed by atoms with Gasteiger partial charge in [0, 0.05) is 5.02 Å². The number of allylic oxidation sites excluding steroid dienone is 2. The number of hydrogen-bond acceptors (Lipinski definition) is 4. The van der Waals surface area contributed by atoms with Gasteiger partial charge < -0.3 is 10.2 Å². The van der Waals surface area contributed by atoms with Crippen molar-refractivity contribution in [3.8, 4) is 11.5 Å². The van der Waals surface area contributed by atoms with Crippen molar-refractivity contribution in [2.24, 2.45) is 5.92 Å². The van der Waals surface area contributed by atoms with Gasteiger partial charge >= 0.3 is 0 Å². The number of hydrogen-bond donors (Lipinski definition) is 2. The zero-order chi connectivity index (χ0) is 22.2. The van der Waals surface area contributed by atoms with E-state index in [9.17, 15) is 19.8 Å². The molecule has 0 amide bonds. The SMILES string of the molecule is O=C(/C=C/c1ccc(O)cc1)C(Cc1ccc(Cl)cc1)C(=O)/C=C/c1ccc(O)cc1. The van der Waals surface area contributed by atoms with Crippen LogP contribution in [0.25, 0.3) is 12.2 Å². The lowest BCUT2D eigenvalue weighted by Crippen LogP contribution is -2.23. The highest BCUT2D eigenvalue weighted by Crippen LogP contribution is 2.18. The fourth-order valence-electron chi connectivity index (χ4n) is 2.96. The van der Waals surface area contributed by atoms with E-state index in [0.29, 0.717) is 5.02 Å². The summed E-state index contributed by atoms with van der Waals surface area (Å²) in [4.78, 5) is 25.8. The van der Waals surface area contributed by atoms with E-state index in [1.54, 1.807) is 60.7 Å². The highest BCUT2D eigenvalue weighted by atomic mass is 35.5. The molecule has 0 radical (unpaired) electrons. The lowest BCUT2D eigenvalue weighted by atomic mass is 9.90. The maximum atomic E-state index is 12.9. The van der Waals surface area contributed by atoms with Crippen LogP contribution in [-0.2, 0) is 16.0 Å². The number of halogens is 1. The molecule has 156 valence electrons. The topological polar surface area (TPSA) is 74.6 Å². The van der Waals surface area contributed by atoms with Crippen molar-refractivity contribution < 1.29 is 19.8 Å². The molecule has 0 aromatic heterocycles. The molecule has 0 aliphatic rings. The van der Waals surface area contributed by atoms with Gasteiger partial charge in [0.1, 0.15) is 11.5 Å². The molecule has 3 rings (SSSR count). The molecule has 0 spiro atoms. The second-order valence-corrected chi connectivity index (χ2v) is 7.47. The largest absolute Gasteiger partial charge is 0.508 e. The number of rotatable bonds is 8. The zero-order valence-corrected chi connectivity index (χ0v) is 17.4. The van der Waals surface area contributed by atoms with Gasteiger partial charge in [-0.05, 0) is 71.7 Å². The van der Waals surface area contributed by atoms with Gasteiger partial charge in [0.15, 0.2) is 11.6 Å². The number of aromatic hydroxyl groups is 2. The Balaban J connectivity index is 1.81. The van der Waals surface area contributed by atoms with Crippen LogP contribution < -0.4 is 0 Å². The van der Waals surface area contributed by atoms with Crippen LogP contribution in [0.5, 0.6) is 11.5 Å².